The molecule has 0 spiro atoms. The Morgan fingerprint density at radius 1 is 0.881 bits per heavy atom. The smallest absolute Gasteiger partial charge is 0.337 e. The fourth-order valence-corrected chi connectivity index (χ4v) is 5.23. The summed E-state index contributed by atoms with van der Waals surface area (Å²) in [5.74, 6) is -0.0230. The van der Waals surface area contributed by atoms with E-state index in [0.29, 0.717) is 24.3 Å². The van der Waals surface area contributed by atoms with E-state index >= 15 is 0 Å². The number of hydrogen-bond acceptors (Lipinski definition) is 4. The molecule has 0 atom stereocenters. The summed E-state index contributed by atoms with van der Waals surface area (Å²) in [6.45, 7) is 8.57. The molecule has 218 valence electrons. The summed E-state index contributed by atoms with van der Waals surface area (Å²) in [5, 5.41) is 10.9. The third-order valence-corrected chi connectivity index (χ3v) is 7.25. The van der Waals surface area contributed by atoms with Crippen molar-refractivity contribution in [3.05, 3.63) is 120 Å². The summed E-state index contributed by atoms with van der Waals surface area (Å²) in [4.78, 5) is 12.2. The number of carbonyl (C=O) groups excluding carboxylic acids is 1. The topological polar surface area (TPSA) is 60.7 Å². The van der Waals surface area contributed by atoms with Gasteiger partial charge in [0.05, 0.1) is 23.6 Å². The number of carbonyl (C=O) groups is 1. The molecule has 42 heavy (non-hydrogen) atoms. The summed E-state index contributed by atoms with van der Waals surface area (Å²) in [5.41, 5.74) is 5.45. The second-order valence-corrected chi connectivity index (χ2v) is 10.4. The second-order valence-electron chi connectivity index (χ2n) is 10.4. The Bertz CT molecular complexity index is 1620. The normalized spacial score (nSPS) is 11.1. The lowest BCUT2D eigenvalue weighted by atomic mass is 9.81. The fourth-order valence-electron chi connectivity index (χ4n) is 5.23. The lowest BCUT2D eigenvalue weighted by Gasteiger charge is -2.28. The molecule has 0 aliphatic heterocycles. The first-order valence-electron chi connectivity index (χ1n) is 14.2. The summed E-state index contributed by atoms with van der Waals surface area (Å²) in [7, 11) is 1.36. The number of aliphatic hydroxyl groups excluding tert-OH is 1. The van der Waals surface area contributed by atoms with Crippen LogP contribution in [0.25, 0.3) is 27.7 Å². The molecule has 0 fully saturated rings. The highest BCUT2D eigenvalue weighted by atomic mass is 19.1. The van der Waals surface area contributed by atoms with Crippen LogP contribution in [0.15, 0.2) is 97.1 Å². The molecule has 0 amide bonds. The molecular formula is C36H38FNO4. The Hall–Kier alpha value is -4.42. The predicted molar refractivity (Wildman–Crippen MR) is 167 cm³/mol. The zero-order valence-electron chi connectivity index (χ0n) is 24.9. The summed E-state index contributed by atoms with van der Waals surface area (Å²) in [6, 6.07) is 29.6. The molecule has 0 bridgehead atoms. The number of aliphatic hydroxyl groups is 1. The number of methoxy groups -OCH3 is 1. The molecule has 0 unspecified atom stereocenters. The summed E-state index contributed by atoms with van der Waals surface area (Å²) >= 11 is 0. The Kier molecular flexibility index (Phi) is 9.81. The van der Waals surface area contributed by atoms with Gasteiger partial charge in [-0.1, -0.05) is 76.2 Å². The van der Waals surface area contributed by atoms with Crippen LogP contribution in [0.2, 0.25) is 0 Å². The first-order chi connectivity index (χ1) is 20.3. The summed E-state index contributed by atoms with van der Waals surface area (Å²) < 4.78 is 27.5. The van der Waals surface area contributed by atoms with Crippen molar-refractivity contribution in [2.75, 3.05) is 13.7 Å². The Morgan fingerprint density at radius 3 is 2.17 bits per heavy atom. The molecule has 5 rings (SSSR count). The second kappa shape index (κ2) is 13.5. The number of ether oxygens (including phenoxy) is 2. The fraction of sp³-hybridized carbons (Fsp3) is 0.250. The quantitative estimate of drug-likeness (QED) is 0.182. The standard InChI is InChI=1S/C34H32FNO4.C2H6/c1-34(2,20-21-37)32-30(24-12-14-25(15-13-24)33(38)39-3)31-28(36(32)27-18-16-26(35)17-19-27)10-7-11-29(31)40-22-23-8-5-4-6-9-23;1-2/h4-19,37H,20-22H2,1-3H3;1-2H3. The lowest BCUT2D eigenvalue weighted by Crippen LogP contribution is -2.23. The number of halogens is 1. The van der Waals surface area contributed by atoms with Crippen molar-refractivity contribution in [3.8, 4) is 22.6 Å². The van der Waals surface area contributed by atoms with Gasteiger partial charge in [0.25, 0.3) is 0 Å². The van der Waals surface area contributed by atoms with Gasteiger partial charge in [-0.3, -0.25) is 0 Å². The van der Waals surface area contributed by atoms with Crippen molar-refractivity contribution in [2.24, 2.45) is 0 Å². The first-order valence-corrected chi connectivity index (χ1v) is 14.2. The van der Waals surface area contributed by atoms with E-state index in [-0.39, 0.29) is 12.4 Å². The molecule has 1 aromatic heterocycles. The highest BCUT2D eigenvalue weighted by molar-refractivity contribution is 6.04. The Labute approximate surface area is 247 Å². The van der Waals surface area contributed by atoms with E-state index in [4.69, 9.17) is 9.47 Å². The lowest BCUT2D eigenvalue weighted by molar-refractivity contribution is 0.0600. The van der Waals surface area contributed by atoms with E-state index < -0.39 is 11.4 Å². The molecule has 0 radical (unpaired) electrons. The van der Waals surface area contributed by atoms with Gasteiger partial charge >= 0.3 is 5.97 Å². The third kappa shape index (κ3) is 6.24. The molecule has 0 saturated heterocycles. The van der Waals surface area contributed by atoms with Gasteiger partial charge in [-0.2, -0.15) is 0 Å². The van der Waals surface area contributed by atoms with Gasteiger partial charge in [0.1, 0.15) is 18.2 Å². The van der Waals surface area contributed by atoms with Gasteiger partial charge in [-0.15, -0.1) is 0 Å². The molecule has 0 aliphatic rings. The van der Waals surface area contributed by atoms with Crippen LogP contribution in [-0.4, -0.2) is 29.4 Å². The molecule has 5 aromatic rings. The molecule has 1 N–H and O–H groups in total. The van der Waals surface area contributed by atoms with Crippen LogP contribution in [-0.2, 0) is 16.8 Å². The van der Waals surface area contributed by atoms with Crippen molar-refractivity contribution in [1.29, 1.82) is 0 Å². The SMILES string of the molecule is CC.COC(=O)c1ccc(-c2c(C(C)(C)CCO)n(-c3ccc(F)cc3)c3cccc(OCc4ccccc4)c23)cc1. The van der Waals surface area contributed by atoms with E-state index in [1.807, 2.05) is 74.5 Å². The van der Waals surface area contributed by atoms with Crippen LogP contribution in [0.4, 0.5) is 4.39 Å². The van der Waals surface area contributed by atoms with Crippen molar-refractivity contribution in [3.63, 3.8) is 0 Å². The predicted octanol–water partition coefficient (Wildman–Crippen LogP) is 8.49. The van der Waals surface area contributed by atoms with Crippen LogP contribution in [0.5, 0.6) is 5.75 Å². The third-order valence-electron chi connectivity index (χ3n) is 7.25. The van der Waals surface area contributed by atoms with Crippen LogP contribution >= 0.6 is 0 Å². The van der Waals surface area contributed by atoms with E-state index in [0.717, 1.165) is 39.0 Å². The van der Waals surface area contributed by atoms with Gasteiger partial charge < -0.3 is 19.1 Å². The van der Waals surface area contributed by atoms with E-state index in [1.54, 1.807) is 24.3 Å². The maximum atomic E-state index is 14.0. The van der Waals surface area contributed by atoms with Crippen LogP contribution in [0.1, 0.15) is 55.7 Å². The van der Waals surface area contributed by atoms with Gasteiger partial charge in [-0.05, 0) is 66.1 Å². The van der Waals surface area contributed by atoms with Crippen LogP contribution in [0, 0.1) is 5.82 Å². The van der Waals surface area contributed by atoms with E-state index in [1.165, 1.54) is 19.2 Å². The molecule has 0 aliphatic carbocycles. The van der Waals surface area contributed by atoms with Crippen LogP contribution < -0.4 is 4.74 Å². The average molecular weight is 568 g/mol. The van der Waals surface area contributed by atoms with Gasteiger partial charge in [0, 0.05) is 29.0 Å². The number of hydrogen-bond donors (Lipinski definition) is 1. The van der Waals surface area contributed by atoms with Crippen molar-refractivity contribution in [2.45, 2.75) is 46.1 Å². The zero-order chi connectivity index (χ0) is 30.3. The number of fused-ring (bicyclic) bond motifs is 1. The largest absolute Gasteiger partial charge is 0.488 e. The number of rotatable bonds is 9. The van der Waals surface area contributed by atoms with E-state index in [2.05, 4.69) is 18.4 Å². The van der Waals surface area contributed by atoms with Crippen molar-refractivity contribution >= 4 is 16.9 Å². The monoisotopic (exact) mass is 567 g/mol. The maximum Gasteiger partial charge on any atom is 0.337 e. The van der Waals surface area contributed by atoms with Crippen LogP contribution in [0.3, 0.4) is 0 Å². The van der Waals surface area contributed by atoms with Crippen molar-refractivity contribution in [1.82, 2.24) is 4.57 Å². The summed E-state index contributed by atoms with van der Waals surface area (Å²) in [6.07, 6.45) is 0.498. The number of benzene rings is 4. The molecule has 5 nitrogen and oxygen atoms in total. The Morgan fingerprint density at radius 2 is 1.55 bits per heavy atom. The average Bonchev–Trinajstić information content (AvgIpc) is 3.38. The maximum absolute atomic E-state index is 14.0. The van der Waals surface area contributed by atoms with Gasteiger partial charge in [0.15, 0.2) is 0 Å². The molecule has 0 saturated carbocycles. The minimum absolute atomic E-state index is 0.00394. The van der Waals surface area contributed by atoms with Gasteiger partial charge in [0.2, 0.25) is 0 Å². The molecule has 6 heteroatoms. The number of nitrogens with zero attached hydrogens (tertiary/aromatic N) is 1. The minimum atomic E-state index is -0.491. The van der Waals surface area contributed by atoms with Gasteiger partial charge in [-0.25, -0.2) is 9.18 Å². The Balaban J connectivity index is 0.00000198. The number of aromatic nitrogens is 1. The molecule has 4 aromatic carbocycles. The highest BCUT2D eigenvalue weighted by Crippen LogP contribution is 2.47. The van der Waals surface area contributed by atoms with Crippen molar-refractivity contribution < 1.29 is 23.8 Å². The first kappa shape index (κ1) is 30.5. The van der Waals surface area contributed by atoms with E-state index in [9.17, 15) is 14.3 Å². The molecule has 1 heterocycles. The number of esters is 1. The highest BCUT2D eigenvalue weighted by Gasteiger charge is 2.33. The minimum Gasteiger partial charge on any atom is -0.488 e. The molecular weight excluding hydrogens is 529 g/mol. The zero-order valence-corrected chi connectivity index (χ0v) is 24.9.